The second-order valence-corrected chi connectivity index (χ2v) is 19.2. The first-order valence-electron chi connectivity index (χ1n) is 25.0. The first-order valence-corrected chi connectivity index (χ1v) is 25.0. The Morgan fingerprint density at radius 2 is 0.954 bits per heavy atom. The number of hydrogen-bond acceptors (Lipinski definition) is 1. The van der Waals surface area contributed by atoms with Gasteiger partial charge in [0, 0.05) is 22.2 Å². The van der Waals surface area contributed by atoms with Gasteiger partial charge in [-0.2, -0.15) is 0 Å². The third-order valence-corrected chi connectivity index (χ3v) is 16.2. The zero-order valence-corrected chi connectivity index (χ0v) is 38.9. The van der Waals surface area contributed by atoms with Gasteiger partial charge in [-0.05, 0) is 129 Å². The third-order valence-electron chi connectivity index (χ3n) is 16.2. The molecular weight excluding hydrogens is 783 g/mol. The second-order valence-electron chi connectivity index (χ2n) is 19.2. The minimum atomic E-state index is -0.423. The van der Waals surface area contributed by atoms with Gasteiger partial charge in [0.2, 0.25) is 0 Å². The van der Waals surface area contributed by atoms with Crippen LogP contribution in [-0.4, -0.2) is 0 Å². The van der Waals surface area contributed by atoms with Gasteiger partial charge in [-0.1, -0.05) is 218 Å². The van der Waals surface area contributed by atoms with E-state index in [-0.39, 0.29) is 5.41 Å². The zero-order valence-electron chi connectivity index (χ0n) is 38.9. The predicted molar refractivity (Wildman–Crippen MR) is 277 cm³/mol. The van der Waals surface area contributed by atoms with E-state index in [1.165, 1.54) is 135 Å². The van der Waals surface area contributed by atoms with Crippen LogP contribution in [0.15, 0.2) is 176 Å². The minimum absolute atomic E-state index is 0.0706. The van der Waals surface area contributed by atoms with Crippen molar-refractivity contribution in [3.8, 4) is 33.4 Å². The van der Waals surface area contributed by atoms with E-state index < -0.39 is 5.41 Å². The fourth-order valence-electron chi connectivity index (χ4n) is 13.6. The summed E-state index contributed by atoms with van der Waals surface area (Å²) < 4.78 is 0. The van der Waals surface area contributed by atoms with E-state index in [2.05, 4.69) is 209 Å². The molecule has 0 saturated carbocycles. The van der Waals surface area contributed by atoms with Gasteiger partial charge in [-0.15, -0.1) is 0 Å². The first-order chi connectivity index (χ1) is 32.1. The van der Waals surface area contributed by atoms with Crippen molar-refractivity contribution < 1.29 is 0 Å². The van der Waals surface area contributed by atoms with Gasteiger partial charge >= 0.3 is 0 Å². The van der Waals surface area contributed by atoms with Crippen LogP contribution in [0.2, 0.25) is 0 Å². The molecule has 0 fully saturated rings. The normalized spacial score (nSPS) is 17.7. The highest BCUT2D eigenvalue weighted by Crippen LogP contribution is 2.66. The monoisotopic (exact) mass is 845 g/mol. The summed E-state index contributed by atoms with van der Waals surface area (Å²) in [7, 11) is 0. The number of rotatable bonds is 14. The highest BCUT2D eigenvalue weighted by atomic mass is 15.1. The first kappa shape index (κ1) is 41.5. The van der Waals surface area contributed by atoms with Gasteiger partial charge in [0.05, 0.1) is 16.8 Å². The van der Waals surface area contributed by atoms with Gasteiger partial charge < -0.3 is 4.90 Å². The number of hydrogen-bond donors (Lipinski definition) is 0. The molecule has 7 aromatic carbocycles. The standard InChI is InChI=1S/C64H63N/c1-5-9-26-46(7-3)63(47(8-4)27-10-6-2)55-34-20-16-30-51(55)61-57(63)36-22-38-59(61)65(48-42-40-45(41-43-48)44-24-12-11-13-25-44)60-39-23-37-58-62(60)52-31-17-21-35-56(52)64(58)53-32-18-14-28-49(53)50-29-15-19-33-54(50)64/h11-12,14-24,28-43,46-47H,5-10,13,25-27H2,1-4H3. The van der Waals surface area contributed by atoms with Crippen LogP contribution in [-0.2, 0) is 10.8 Å². The molecule has 0 bridgehead atoms. The van der Waals surface area contributed by atoms with E-state index in [4.69, 9.17) is 0 Å². The molecular formula is C64H63N. The number of unbranched alkanes of at least 4 members (excludes halogenated alkanes) is 2. The highest BCUT2D eigenvalue weighted by molar-refractivity contribution is 6.03. The molecule has 0 heterocycles. The fourth-order valence-corrected chi connectivity index (χ4v) is 13.6. The molecule has 65 heavy (non-hydrogen) atoms. The van der Waals surface area contributed by atoms with Crippen LogP contribution in [0.1, 0.15) is 131 Å². The number of benzene rings is 7. The Labute approximate surface area is 388 Å². The van der Waals surface area contributed by atoms with Crippen LogP contribution in [0.25, 0.3) is 39.0 Å². The summed E-state index contributed by atoms with van der Waals surface area (Å²) in [5, 5.41) is 0. The van der Waals surface area contributed by atoms with Gasteiger partial charge in [0.1, 0.15) is 0 Å². The van der Waals surface area contributed by atoms with Crippen LogP contribution < -0.4 is 4.90 Å². The zero-order chi connectivity index (χ0) is 44.1. The quantitative estimate of drug-likeness (QED) is 0.105. The Kier molecular flexibility index (Phi) is 10.9. The lowest BCUT2D eigenvalue weighted by atomic mass is 9.57. The van der Waals surface area contributed by atoms with Crippen LogP contribution in [0, 0.1) is 11.8 Å². The van der Waals surface area contributed by atoms with E-state index >= 15 is 0 Å². The summed E-state index contributed by atoms with van der Waals surface area (Å²) in [5.41, 5.74) is 22.7. The second kappa shape index (κ2) is 17.0. The van der Waals surface area contributed by atoms with E-state index in [9.17, 15) is 0 Å². The van der Waals surface area contributed by atoms with Crippen molar-refractivity contribution in [3.05, 3.63) is 215 Å². The topological polar surface area (TPSA) is 3.24 Å². The van der Waals surface area contributed by atoms with Gasteiger partial charge in [-0.25, -0.2) is 0 Å². The van der Waals surface area contributed by atoms with Crippen molar-refractivity contribution in [3.63, 3.8) is 0 Å². The molecule has 1 heteroatoms. The third kappa shape index (κ3) is 6.10. The molecule has 4 aliphatic carbocycles. The summed E-state index contributed by atoms with van der Waals surface area (Å²) in [5.74, 6) is 1.09. The maximum Gasteiger partial charge on any atom is 0.0726 e. The highest BCUT2D eigenvalue weighted by Gasteiger charge is 2.54. The Hall–Kier alpha value is -6.18. The molecule has 2 atom stereocenters. The van der Waals surface area contributed by atoms with Crippen molar-refractivity contribution in [2.24, 2.45) is 11.8 Å². The lowest BCUT2D eigenvalue weighted by molar-refractivity contribution is 0.179. The van der Waals surface area contributed by atoms with E-state index in [1.807, 2.05) is 0 Å². The van der Waals surface area contributed by atoms with Crippen molar-refractivity contribution in [1.82, 2.24) is 0 Å². The smallest absolute Gasteiger partial charge is 0.0726 e. The molecule has 4 aliphatic rings. The summed E-state index contributed by atoms with van der Waals surface area (Å²) in [6.45, 7) is 9.70. The number of allylic oxidation sites excluding steroid dienone is 4. The van der Waals surface area contributed by atoms with E-state index in [0.29, 0.717) is 11.8 Å². The lowest BCUT2D eigenvalue weighted by Crippen LogP contribution is -2.42. The molecule has 7 aromatic rings. The molecule has 0 N–H and O–H groups in total. The van der Waals surface area contributed by atoms with Gasteiger partial charge in [0.25, 0.3) is 0 Å². The number of anilines is 3. The summed E-state index contributed by atoms with van der Waals surface area (Å²) in [6.07, 6.45) is 18.8. The van der Waals surface area contributed by atoms with Crippen LogP contribution in [0.4, 0.5) is 17.1 Å². The van der Waals surface area contributed by atoms with E-state index in [1.54, 1.807) is 11.1 Å². The van der Waals surface area contributed by atoms with Crippen molar-refractivity contribution in [1.29, 1.82) is 0 Å². The van der Waals surface area contributed by atoms with Crippen molar-refractivity contribution in [2.75, 3.05) is 4.90 Å². The molecule has 1 nitrogen and oxygen atoms in total. The Morgan fingerprint density at radius 3 is 1.49 bits per heavy atom. The molecule has 0 amide bonds. The van der Waals surface area contributed by atoms with Crippen LogP contribution in [0.5, 0.6) is 0 Å². The Bertz CT molecular complexity index is 2900. The van der Waals surface area contributed by atoms with Gasteiger partial charge in [0.15, 0.2) is 0 Å². The lowest BCUT2D eigenvalue weighted by Gasteiger charge is -2.46. The maximum absolute atomic E-state index is 2.67. The fraction of sp³-hybridized carbons (Fsp3) is 0.281. The molecule has 2 unspecified atom stereocenters. The molecule has 11 rings (SSSR count). The van der Waals surface area contributed by atoms with Crippen molar-refractivity contribution in [2.45, 2.75) is 103 Å². The van der Waals surface area contributed by atoms with Crippen LogP contribution in [0.3, 0.4) is 0 Å². The predicted octanol–water partition coefficient (Wildman–Crippen LogP) is 17.9. The van der Waals surface area contributed by atoms with E-state index in [0.717, 1.165) is 12.8 Å². The van der Waals surface area contributed by atoms with Crippen LogP contribution >= 0.6 is 0 Å². The van der Waals surface area contributed by atoms with Crippen molar-refractivity contribution >= 4 is 22.6 Å². The minimum Gasteiger partial charge on any atom is -0.309 e. The maximum atomic E-state index is 2.67. The molecule has 0 aromatic heterocycles. The summed E-state index contributed by atoms with van der Waals surface area (Å²) in [4.78, 5) is 2.67. The SMILES string of the molecule is CCCCC(CC)C1(C(CC)CCCC)c2ccccc2-c2c(N(c3ccc(C4=CC=CCC4)cc3)c3cccc4c3-c3ccccc3C43c4ccccc4-c4ccccc43)cccc21. The largest absolute Gasteiger partial charge is 0.309 e. The molecule has 324 valence electrons. The molecule has 0 saturated heterocycles. The summed E-state index contributed by atoms with van der Waals surface area (Å²) in [6, 6.07) is 61.5. The van der Waals surface area contributed by atoms with Gasteiger partial charge in [-0.3, -0.25) is 0 Å². The average molecular weight is 846 g/mol. The Morgan fingerprint density at radius 1 is 0.477 bits per heavy atom. The molecule has 0 radical (unpaired) electrons. The summed E-state index contributed by atoms with van der Waals surface area (Å²) >= 11 is 0. The number of fused-ring (bicyclic) bond motifs is 13. The number of nitrogens with zero attached hydrogens (tertiary/aromatic N) is 1. The average Bonchev–Trinajstić information content (AvgIpc) is 3.96. The Balaban J connectivity index is 1.22. The molecule has 1 spiro atoms. The molecule has 0 aliphatic heterocycles.